The van der Waals surface area contributed by atoms with E-state index in [1.165, 1.54) is 5.56 Å². The molecule has 0 aromatic heterocycles. The van der Waals surface area contributed by atoms with Crippen molar-refractivity contribution < 1.29 is 9.53 Å². The van der Waals surface area contributed by atoms with Crippen LogP contribution < -0.4 is 4.74 Å². The molecule has 0 aliphatic heterocycles. The van der Waals surface area contributed by atoms with E-state index < -0.39 is 0 Å². The van der Waals surface area contributed by atoms with Crippen LogP contribution in [0.1, 0.15) is 30.4 Å². The van der Waals surface area contributed by atoms with Crippen LogP contribution in [0.25, 0.3) is 0 Å². The number of aryl methyl sites for hydroxylation is 1. The van der Waals surface area contributed by atoms with E-state index in [0.717, 1.165) is 37.0 Å². The zero-order chi connectivity index (χ0) is 11.5. The third kappa shape index (κ3) is 2.26. The zero-order valence-corrected chi connectivity index (χ0v) is 9.95. The summed E-state index contributed by atoms with van der Waals surface area (Å²) in [6.07, 6.45) is 3.80. The Labute approximate surface area is 96.6 Å². The first-order valence-corrected chi connectivity index (χ1v) is 5.87. The van der Waals surface area contributed by atoms with Crippen molar-refractivity contribution in [1.29, 1.82) is 0 Å². The molecule has 0 amide bonds. The van der Waals surface area contributed by atoms with Gasteiger partial charge in [0, 0.05) is 12.3 Å². The standard InChI is InChI=1S/C14H18O2/c1-10-8-11(6-7-14(10)16-2)9-12-4-3-5-13(12)15/h6-8,12H,3-5,9H2,1-2H3. The third-order valence-electron chi connectivity index (χ3n) is 3.37. The van der Waals surface area contributed by atoms with Crippen LogP contribution in [0.5, 0.6) is 5.75 Å². The van der Waals surface area contributed by atoms with Gasteiger partial charge in [0.1, 0.15) is 11.5 Å². The largest absolute Gasteiger partial charge is 0.496 e. The molecule has 1 aliphatic rings. The number of methoxy groups -OCH3 is 1. The predicted molar refractivity (Wildman–Crippen MR) is 63.8 cm³/mol. The smallest absolute Gasteiger partial charge is 0.136 e. The number of ketones is 1. The Morgan fingerprint density at radius 2 is 2.25 bits per heavy atom. The van der Waals surface area contributed by atoms with Crippen LogP contribution in [-0.4, -0.2) is 12.9 Å². The Kier molecular flexibility index (Phi) is 3.28. The highest BCUT2D eigenvalue weighted by Crippen LogP contribution is 2.27. The Balaban J connectivity index is 2.10. The average Bonchev–Trinajstić information content (AvgIpc) is 2.65. The van der Waals surface area contributed by atoms with Crippen LogP contribution in [0.15, 0.2) is 18.2 Å². The molecule has 0 heterocycles. The van der Waals surface area contributed by atoms with Gasteiger partial charge in [-0.15, -0.1) is 0 Å². The molecule has 0 spiro atoms. The van der Waals surface area contributed by atoms with Crippen LogP contribution in [0.4, 0.5) is 0 Å². The summed E-state index contributed by atoms with van der Waals surface area (Å²) in [6.45, 7) is 2.04. The quantitative estimate of drug-likeness (QED) is 0.779. The van der Waals surface area contributed by atoms with Gasteiger partial charge in [-0.1, -0.05) is 12.1 Å². The van der Waals surface area contributed by atoms with E-state index in [4.69, 9.17) is 4.74 Å². The molecule has 86 valence electrons. The van der Waals surface area contributed by atoms with Gasteiger partial charge < -0.3 is 4.74 Å². The van der Waals surface area contributed by atoms with Crippen LogP contribution in [0.2, 0.25) is 0 Å². The number of hydrogen-bond acceptors (Lipinski definition) is 2. The molecule has 0 saturated heterocycles. The first kappa shape index (κ1) is 11.2. The van der Waals surface area contributed by atoms with Gasteiger partial charge in [0.25, 0.3) is 0 Å². The first-order chi connectivity index (χ1) is 7.70. The van der Waals surface area contributed by atoms with E-state index in [1.807, 2.05) is 13.0 Å². The van der Waals surface area contributed by atoms with Gasteiger partial charge in [-0.25, -0.2) is 0 Å². The molecule has 1 aromatic rings. The molecule has 1 aromatic carbocycles. The number of hydrogen-bond donors (Lipinski definition) is 0. The molecular weight excluding hydrogens is 200 g/mol. The van der Waals surface area contributed by atoms with Crippen molar-refractivity contribution in [2.24, 2.45) is 5.92 Å². The highest BCUT2D eigenvalue weighted by Gasteiger charge is 2.24. The third-order valence-corrected chi connectivity index (χ3v) is 3.37. The second-order valence-electron chi connectivity index (χ2n) is 4.56. The number of carbonyl (C=O) groups is 1. The predicted octanol–water partition coefficient (Wildman–Crippen LogP) is 2.92. The number of rotatable bonds is 3. The summed E-state index contributed by atoms with van der Waals surface area (Å²) >= 11 is 0. The van der Waals surface area contributed by atoms with Crippen molar-refractivity contribution in [3.63, 3.8) is 0 Å². The summed E-state index contributed by atoms with van der Waals surface area (Å²) in [6, 6.07) is 6.19. The summed E-state index contributed by atoms with van der Waals surface area (Å²) in [7, 11) is 1.68. The Hall–Kier alpha value is -1.31. The second kappa shape index (κ2) is 4.69. The number of carbonyl (C=O) groups excluding carboxylic acids is 1. The fraction of sp³-hybridized carbons (Fsp3) is 0.500. The Morgan fingerprint density at radius 3 is 2.81 bits per heavy atom. The Bertz CT molecular complexity index is 396. The summed E-state index contributed by atoms with van der Waals surface area (Å²) < 4.78 is 5.22. The Morgan fingerprint density at radius 1 is 1.44 bits per heavy atom. The lowest BCUT2D eigenvalue weighted by Gasteiger charge is -2.10. The van der Waals surface area contributed by atoms with E-state index in [0.29, 0.717) is 5.78 Å². The van der Waals surface area contributed by atoms with Gasteiger partial charge in [0.05, 0.1) is 7.11 Å². The van der Waals surface area contributed by atoms with Gasteiger partial charge in [-0.2, -0.15) is 0 Å². The lowest BCUT2D eigenvalue weighted by atomic mass is 9.96. The number of Topliss-reactive ketones (excluding diaryl/α,β-unsaturated/α-hetero) is 1. The van der Waals surface area contributed by atoms with Crippen molar-refractivity contribution in [3.8, 4) is 5.75 Å². The maximum absolute atomic E-state index is 11.6. The van der Waals surface area contributed by atoms with Gasteiger partial charge in [-0.05, 0) is 43.4 Å². The fourth-order valence-corrected chi connectivity index (χ4v) is 2.46. The van der Waals surface area contributed by atoms with E-state index >= 15 is 0 Å². The second-order valence-corrected chi connectivity index (χ2v) is 4.56. The molecule has 1 atom stereocenters. The van der Waals surface area contributed by atoms with E-state index in [1.54, 1.807) is 7.11 Å². The number of ether oxygens (including phenoxy) is 1. The average molecular weight is 218 g/mol. The fourth-order valence-electron chi connectivity index (χ4n) is 2.46. The van der Waals surface area contributed by atoms with Crippen LogP contribution in [-0.2, 0) is 11.2 Å². The van der Waals surface area contributed by atoms with Crippen molar-refractivity contribution in [1.82, 2.24) is 0 Å². The number of benzene rings is 1. The SMILES string of the molecule is COc1ccc(CC2CCCC2=O)cc1C. The molecular formula is C14H18O2. The maximum Gasteiger partial charge on any atom is 0.136 e. The lowest BCUT2D eigenvalue weighted by molar-refractivity contribution is -0.120. The molecule has 16 heavy (non-hydrogen) atoms. The maximum atomic E-state index is 11.6. The highest BCUT2D eigenvalue weighted by molar-refractivity contribution is 5.83. The molecule has 2 heteroatoms. The van der Waals surface area contributed by atoms with Gasteiger partial charge in [0.2, 0.25) is 0 Å². The van der Waals surface area contributed by atoms with Crippen molar-refractivity contribution in [3.05, 3.63) is 29.3 Å². The summed E-state index contributed by atoms with van der Waals surface area (Å²) in [5.74, 6) is 1.61. The molecule has 0 bridgehead atoms. The monoisotopic (exact) mass is 218 g/mol. The molecule has 1 aliphatic carbocycles. The molecule has 0 radical (unpaired) electrons. The van der Waals surface area contributed by atoms with Gasteiger partial charge in [-0.3, -0.25) is 4.79 Å². The molecule has 2 nitrogen and oxygen atoms in total. The molecule has 1 unspecified atom stereocenters. The minimum atomic E-state index is 0.257. The highest BCUT2D eigenvalue weighted by atomic mass is 16.5. The summed E-state index contributed by atoms with van der Waals surface area (Å²) in [5, 5.41) is 0. The van der Waals surface area contributed by atoms with E-state index in [9.17, 15) is 4.79 Å². The van der Waals surface area contributed by atoms with Crippen molar-refractivity contribution in [2.45, 2.75) is 32.6 Å². The first-order valence-electron chi connectivity index (χ1n) is 5.87. The van der Waals surface area contributed by atoms with Gasteiger partial charge >= 0.3 is 0 Å². The molecule has 1 saturated carbocycles. The van der Waals surface area contributed by atoms with Crippen molar-refractivity contribution in [2.75, 3.05) is 7.11 Å². The topological polar surface area (TPSA) is 26.3 Å². The van der Waals surface area contributed by atoms with Crippen LogP contribution in [0.3, 0.4) is 0 Å². The molecule has 0 N–H and O–H groups in total. The lowest BCUT2D eigenvalue weighted by Crippen LogP contribution is -2.09. The van der Waals surface area contributed by atoms with Crippen molar-refractivity contribution >= 4 is 5.78 Å². The van der Waals surface area contributed by atoms with Gasteiger partial charge in [0.15, 0.2) is 0 Å². The minimum Gasteiger partial charge on any atom is -0.496 e. The molecule has 2 rings (SSSR count). The van der Waals surface area contributed by atoms with E-state index in [-0.39, 0.29) is 5.92 Å². The summed E-state index contributed by atoms with van der Waals surface area (Å²) in [4.78, 5) is 11.6. The van der Waals surface area contributed by atoms with Crippen LogP contribution in [0, 0.1) is 12.8 Å². The molecule has 1 fully saturated rings. The summed E-state index contributed by atoms with van der Waals surface area (Å²) in [5.41, 5.74) is 2.39. The van der Waals surface area contributed by atoms with Crippen LogP contribution >= 0.6 is 0 Å². The minimum absolute atomic E-state index is 0.257. The zero-order valence-electron chi connectivity index (χ0n) is 9.95. The van der Waals surface area contributed by atoms with E-state index in [2.05, 4.69) is 12.1 Å². The normalized spacial score (nSPS) is 20.1.